The van der Waals surface area contributed by atoms with Gasteiger partial charge in [-0.15, -0.1) is 0 Å². The number of carboxylic acids is 1. The third-order valence-corrected chi connectivity index (χ3v) is 5.69. The smallest absolute Gasteiger partial charge is 0.325 e. The van der Waals surface area contributed by atoms with Crippen LogP contribution in [0.5, 0.6) is 0 Å². The van der Waals surface area contributed by atoms with Crippen molar-refractivity contribution in [1.82, 2.24) is 21.3 Å². The van der Waals surface area contributed by atoms with E-state index >= 15 is 0 Å². The molecular formula is C20H36N4O5. The van der Waals surface area contributed by atoms with Gasteiger partial charge in [0.2, 0.25) is 17.7 Å². The molecule has 1 aliphatic heterocycles. The fourth-order valence-electron chi connectivity index (χ4n) is 3.17. The van der Waals surface area contributed by atoms with Crippen LogP contribution in [0.15, 0.2) is 0 Å². The van der Waals surface area contributed by atoms with Crippen molar-refractivity contribution >= 4 is 23.7 Å². The summed E-state index contributed by atoms with van der Waals surface area (Å²) in [5.74, 6) is -2.68. The second-order valence-corrected chi connectivity index (χ2v) is 7.96. The number of carbonyl (C=O) groups is 4. The lowest BCUT2D eigenvalue weighted by molar-refractivity contribution is -0.142. The summed E-state index contributed by atoms with van der Waals surface area (Å²) < 4.78 is 0. The van der Waals surface area contributed by atoms with Gasteiger partial charge in [0.05, 0.1) is 6.04 Å². The van der Waals surface area contributed by atoms with Crippen LogP contribution in [0, 0.1) is 11.8 Å². The van der Waals surface area contributed by atoms with E-state index < -0.39 is 35.9 Å². The molecule has 6 atom stereocenters. The number of carboxylic acid groups (broad SMARTS) is 1. The van der Waals surface area contributed by atoms with Gasteiger partial charge in [-0.05, 0) is 38.1 Å². The van der Waals surface area contributed by atoms with Crippen molar-refractivity contribution in [2.24, 2.45) is 11.8 Å². The first-order chi connectivity index (χ1) is 13.6. The van der Waals surface area contributed by atoms with Gasteiger partial charge >= 0.3 is 5.97 Å². The van der Waals surface area contributed by atoms with Crippen LogP contribution in [0.3, 0.4) is 0 Å². The fourth-order valence-corrected chi connectivity index (χ4v) is 3.17. The van der Waals surface area contributed by atoms with Crippen molar-refractivity contribution < 1.29 is 24.3 Å². The van der Waals surface area contributed by atoms with E-state index in [1.54, 1.807) is 0 Å². The lowest BCUT2D eigenvalue weighted by Gasteiger charge is -2.29. The van der Waals surface area contributed by atoms with Crippen molar-refractivity contribution in [1.29, 1.82) is 0 Å². The number of amides is 3. The highest BCUT2D eigenvalue weighted by atomic mass is 16.4. The maximum Gasteiger partial charge on any atom is 0.325 e. The highest BCUT2D eigenvalue weighted by Gasteiger charge is 2.34. The van der Waals surface area contributed by atoms with Crippen LogP contribution in [0.2, 0.25) is 0 Å². The first-order valence-electron chi connectivity index (χ1n) is 10.5. The Morgan fingerprint density at radius 2 is 1.45 bits per heavy atom. The lowest BCUT2D eigenvalue weighted by atomic mass is 9.94. The average molecular weight is 413 g/mol. The number of nitrogens with one attached hydrogen (secondary N) is 4. The van der Waals surface area contributed by atoms with Crippen molar-refractivity contribution in [3.05, 3.63) is 0 Å². The minimum absolute atomic E-state index is 0.126. The van der Waals surface area contributed by atoms with Gasteiger partial charge in [0.25, 0.3) is 0 Å². The van der Waals surface area contributed by atoms with Crippen LogP contribution in [-0.2, 0) is 19.2 Å². The summed E-state index contributed by atoms with van der Waals surface area (Å²) in [4.78, 5) is 49.2. The molecule has 1 aliphatic rings. The largest absolute Gasteiger partial charge is 0.480 e. The van der Waals surface area contributed by atoms with E-state index in [1.165, 1.54) is 6.92 Å². The van der Waals surface area contributed by atoms with Crippen LogP contribution in [-0.4, -0.2) is 59.5 Å². The maximum atomic E-state index is 13.0. The average Bonchev–Trinajstić information content (AvgIpc) is 3.23. The summed E-state index contributed by atoms with van der Waals surface area (Å²) in [6, 6.07) is -3.03. The molecular weight excluding hydrogens is 376 g/mol. The summed E-state index contributed by atoms with van der Waals surface area (Å²) in [6.07, 6.45) is 2.93. The van der Waals surface area contributed by atoms with Gasteiger partial charge in [-0.2, -0.15) is 0 Å². The van der Waals surface area contributed by atoms with E-state index in [9.17, 15) is 19.2 Å². The molecule has 0 aromatic carbocycles. The van der Waals surface area contributed by atoms with Gasteiger partial charge < -0.3 is 26.4 Å². The minimum Gasteiger partial charge on any atom is -0.480 e. The summed E-state index contributed by atoms with van der Waals surface area (Å²) >= 11 is 0. The van der Waals surface area contributed by atoms with E-state index in [-0.39, 0.29) is 23.8 Å². The molecule has 0 aliphatic carbocycles. The Bertz CT molecular complexity index is 591. The lowest BCUT2D eigenvalue weighted by Crippen LogP contribution is -2.59. The van der Waals surface area contributed by atoms with Crippen LogP contribution in [0.25, 0.3) is 0 Å². The summed E-state index contributed by atoms with van der Waals surface area (Å²) in [7, 11) is 0. The molecule has 1 fully saturated rings. The Labute approximate surface area is 172 Å². The molecule has 0 bridgehead atoms. The van der Waals surface area contributed by atoms with Gasteiger partial charge in [-0.25, -0.2) is 0 Å². The Kier molecular flexibility index (Phi) is 10.1. The van der Waals surface area contributed by atoms with Crippen molar-refractivity contribution in [2.45, 2.75) is 84.5 Å². The number of rotatable bonds is 11. The molecule has 6 unspecified atom stereocenters. The van der Waals surface area contributed by atoms with Gasteiger partial charge in [-0.3, -0.25) is 19.2 Å². The molecule has 3 amide bonds. The predicted octanol–water partition coefficient (Wildman–Crippen LogP) is 0.390. The molecule has 0 aromatic rings. The Morgan fingerprint density at radius 1 is 0.931 bits per heavy atom. The SMILES string of the molecule is CCC(C)C(NC(=O)C1CCCN1)C(=O)NC(C(=O)NC(C)C(=O)O)C(C)CC. The molecule has 1 rings (SSSR count). The van der Waals surface area contributed by atoms with Crippen LogP contribution in [0.1, 0.15) is 60.3 Å². The predicted molar refractivity (Wildman–Crippen MR) is 109 cm³/mol. The van der Waals surface area contributed by atoms with E-state index in [4.69, 9.17) is 5.11 Å². The number of carbonyl (C=O) groups excluding carboxylic acids is 3. The van der Waals surface area contributed by atoms with Crippen molar-refractivity contribution in [3.63, 3.8) is 0 Å². The van der Waals surface area contributed by atoms with Crippen molar-refractivity contribution in [3.8, 4) is 0 Å². The standard InChI is InChI=1S/C20H36N4O5/c1-6-11(3)15(18(26)22-13(5)20(28)29)24-19(27)16(12(4)7-2)23-17(25)14-9-8-10-21-14/h11-16,21H,6-10H2,1-5H3,(H,22,26)(H,23,25)(H,24,27)(H,28,29). The highest BCUT2D eigenvalue weighted by Crippen LogP contribution is 2.13. The molecule has 0 aromatic heterocycles. The monoisotopic (exact) mass is 412 g/mol. The summed E-state index contributed by atoms with van der Waals surface area (Å²) in [5.41, 5.74) is 0. The van der Waals surface area contributed by atoms with Gasteiger partial charge in [0.15, 0.2) is 0 Å². The summed E-state index contributed by atoms with van der Waals surface area (Å²) in [6.45, 7) is 9.64. The highest BCUT2D eigenvalue weighted by molar-refractivity contribution is 5.94. The van der Waals surface area contributed by atoms with Gasteiger partial charge in [0, 0.05) is 0 Å². The van der Waals surface area contributed by atoms with E-state index in [1.807, 2.05) is 27.7 Å². The third kappa shape index (κ3) is 7.30. The van der Waals surface area contributed by atoms with E-state index in [0.717, 1.165) is 19.4 Å². The molecule has 29 heavy (non-hydrogen) atoms. The van der Waals surface area contributed by atoms with Crippen molar-refractivity contribution in [2.75, 3.05) is 6.54 Å². The molecule has 9 heteroatoms. The van der Waals surface area contributed by atoms with Gasteiger partial charge in [-0.1, -0.05) is 40.5 Å². The number of hydrogen-bond acceptors (Lipinski definition) is 5. The molecule has 0 spiro atoms. The molecule has 1 saturated heterocycles. The zero-order valence-corrected chi connectivity index (χ0v) is 18.1. The van der Waals surface area contributed by atoms with E-state index in [2.05, 4.69) is 21.3 Å². The third-order valence-electron chi connectivity index (χ3n) is 5.69. The topological polar surface area (TPSA) is 137 Å². The zero-order valence-electron chi connectivity index (χ0n) is 18.1. The molecule has 5 N–H and O–H groups in total. The molecule has 166 valence electrons. The van der Waals surface area contributed by atoms with Crippen LogP contribution in [0.4, 0.5) is 0 Å². The summed E-state index contributed by atoms with van der Waals surface area (Å²) in [5, 5.41) is 20.1. The number of hydrogen-bond donors (Lipinski definition) is 5. The molecule has 9 nitrogen and oxygen atoms in total. The minimum atomic E-state index is -1.15. The van der Waals surface area contributed by atoms with Gasteiger partial charge in [0.1, 0.15) is 18.1 Å². The second kappa shape index (κ2) is 11.7. The first-order valence-corrected chi connectivity index (χ1v) is 10.5. The molecule has 0 radical (unpaired) electrons. The zero-order chi connectivity index (χ0) is 22.1. The fraction of sp³-hybridized carbons (Fsp3) is 0.800. The Balaban J connectivity index is 2.91. The first kappa shape index (κ1) is 24.9. The second-order valence-electron chi connectivity index (χ2n) is 7.96. The normalized spacial score (nSPS) is 21.3. The Morgan fingerprint density at radius 3 is 1.90 bits per heavy atom. The maximum absolute atomic E-state index is 13.0. The van der Waals surface area contributed by atoms with Crippen LogP contribution >= 0.6 is 0 Å². The van der Waals surface area contributed by atoms with E-state index in [0.29, 0.717) is 12.8 Å². The molecule has 1 heterocycles. The number of aliphatic carboxylic acids is 1. The Hall–Kier alpha value is -2.16. The van der Waals surface area contributed by atoms with Crippen LogP contribution < -0.4 is 21.3 Å². The molecule has 0 saturated carbocycles. The quantitative estimate of drug-likeness (QED) is 0.333.